The van der Waals surface area contributed by atoms with Crippen LogP contribution in [0.5, 0.6) is 0 Å². The van der Waals surface area contributed by atoms with E-state index in [1.807, 2.05) is 46.7 Å². The van der Waals surface area contributed by atoms with Gasteiger partial charge in [-0.25, -0.2) is 0 Å². The quantitative estimate of drug-likeness (QED) is 0.284. The molecule has 0 fully saturated rings. The Bertz CT molecular complexity index is 567. The van der Waals surface area contributed by atoms with Crippen molar-refractivity contribution in [3.63, 3.8) is 0 Å². The van der Waals surface area contributed by atoms with E-state index in [-0.39, 0.29) is 27.6 Å². The molecule has 0 aliphatic carbocycles. The molecule has 0 atom stereocenters. The number of aromatic nitrogens is 2. The van der Waals surface area contributed by atoms with Gasteiger partial charge in [-0.05, 0) is 0 Å². The number of halogens is 3. The van der Waals surface area contributed by atoms with Crippen LogP contribution in [0.1, 0.15) is 26.3 Å². The Hall–Kier alpha value is 0.140. The van der Waals surface area contributed by atoms with Gasteiger partial charge in [0.1, 0.15) is 0 Å². The molecular weight excluding hydrogens is 639 g/mol. The van der Waals surface area contributed by atoms with Gasteiger partial charge in [0.25, 0.3) is 0 Å². The molecule has 0 unspecified atom stereocenters. The maximum absolute atomic E-state index is 12.0. The molecule has 2 rings (SSSR count). The van der Waals surface area contributed by atoms with Crippen molar-refractivity contribution in [2.75, 3.05) is 24.2 Å². The maximum atomic E-state index is 12.0. The molecule has 23 heavy (non-hydrogen) atoms. The van der Waals surface area contributed by atoms with Crippen LogP contribution in [-0.2, 0) is 11.2 Å². The normalized spacial score (nSPS) is 14.1. The molecule has 0 bridgehead atoms. The van der Waals surface area contributed by atoms with Crippen LogP contribution in [0, 0.1) is 0 Å². The Morgan fingerprint density at radius 2 is 2.13 bits per heavy atom. The first kappa shape index (κ1) is 19.5. The zero-order valence-electron chi connectivity index (χ0n) is 13.1. The summed E-state index contributed by atoms with van der Waals surface area (Å²) in [5, 5.41) is 0. The minimum absolute atomic E-state index is 0.0196. The van der Waals surface area contributed by atoms with E-state index >= 15 is 0 Å². The van der Waals surface area contributed by atoms with Crippen LogP contribution in [0.2, 0.25) is 0 Å². The van der Waals surface area contributed by atoms with Gasteiger partial charge in [0.05, 0.1) is 0 Å². The summed E-state index contributed by atoms with van der Waals surface area (Å²) < 4.78 is 13.6. The summed E-state index contributed by atoms with van der Waals surface area (Å²) >= 11 is 4.25. The molecule has 1 aromatic rings. The van der Waals surface area contributed by atoms with E-state index in [0.717, 1.165) is 18.1 Å². The average Bonchev–Trinajstić information content (AvgIpc) is 2.50. The van der Waals surface area contributed by atoms with E-state index in [9.17, 15) is 4.79 Å². The molecular formula is C13H19I3N5O2-. The Labute approximate surface area is 174 Å². The number of alkyl halides is 1. The molecule has 1 aliphatic rings. The van der Waals surface area contributed by atoms with Crippen molar-refractivity contribution >= 4 is 63.5 Å². The predicted octanol–water partition coefficient (Wildman–Crippen LogP) is 0.192. The number of rotatable bonds is 4. The van der Waals surface area contributed by atoms with Crippen LogP contribution in [0.4, 0.5) is 16.4 Å². The van der Waals surface area contributed by atoms with E-state index in [4.69, 9.17) is 4.74 Å². The van der Waals surface area contributed by atoms with Crippen molar-refractivity contribution < 1.29 is 31.0 Å². The molecule has 0 saturated heterocycles. The summed E-state index contributed by atoms with van der Waals surface area (Å²) in [4.78, 5) is 20.7. The average molecular weight is 658 g/mol. The molecule has 10 heteroatoms. The number of ether oxygens (including phenoxy) is 1. The molecule has 2 heterocycles. The second-order valence-electron chi connectivity index (χ2n) is 5.84. The standard InChI is InChI=1S/C13H19I3N5O2/c1-13(2,3)23-12(22)21(15)7-6-20(14)11-9-4-5-16-19-10(9)17-8-18-11/h8H,4-7H2,1-3H3,(H,17,18,19)/q-1. The third-order valence-corrected chi connectivity index (χ3v) is 6.62. The van der Waals surface area contributed by atoms with Gasteiger partial charge in [-0.2, -0.15) is 0 Å². The fraction of sp³-hybridized carbons (Fsp3) is 0.615. The van der Waals surface area contributed by atoms with Gasteiger partial charge in [-0.1, -0.05) is 0 Å². The second-order valence-corrected chi connectivity index (χ2v) is 10.6. The Balaban J connectivity index is 1.95. The van der Waals surface area contributed by atoms with Gasteiger partial charge in [0, 0.05) is 0 Å². The topological polar surface area (TPSA) is 70.6 Å². The van der Waals surface area contributed by atoms with Crippen molar-refractivity contribution in [3.05, 3.63) is 11.9 Å². The number of carbonyl (C=O) groups is 1. The van der Waals surface area contributed by atoms with E-state index in [2.05, 4.69) is 36.4 Å². The summed E-state index contributed by atoms with van der Waals surface area (Å²) in [7, 11) is 0. The van der Waals surface area contributed by atoms with Crippen LogP contribution < -0.4 is 28.1 Å². The zero-order valence-corrected chi connectivity index (χ0v) is 19.6. The molecule has 0 aromatic carbocycles. The SMILES string of the molecule is CC(C)(C)OC(=O)N(I)CCN(I)c1ncnc2c1CC[I-]N2. The Morgan fingerprint density at radius 3 is 2.83 bits per heavy atom. The first-order chi connectivity index (χ1) is 10.8. The van der Waals surface area contributed by atoms with Crippen LogP contribution in [0.3, 0.4) is 0 Å². The van der Waals surface area contributed by atoms with Crippen molar-refractivity contribution in [3.8, 4) is 0 Å². The molecule has 1 amide bonds. The molecule has 7 nitrogen and oxygen atoms in total. The van der Waals surface area contributed by atoms with E-state index in [0.29, 0.717) is 13.1 Å². The predicted molar refractivity (Wildman–Crippen MR) is 103 cm³/mol. The Morgan fingerprint density at radius 1 is 1.39 bits per heavy atom. The van der Waals surface area contributed by atoms with Crippen molar-refractivity contribution in [1.29, 1.82) is 0 Å². The molecule has 1 N–H and O–H groups in total. The number of hydrogen-bond acceptors (Lipinski definition) is 6. The summed E-state index contributed by atoms with van der Waals surface area (Å²) in [6, 6.07) is 0. The number of hydrogen-bond donors (Lipinski definition) is 1. The monoisotopic (exact) mass is 658 g/mol. The summed E-state index contributed by atoms with van der Waals surface area (Å²) in [5.41, 5.74) is 0.690. The summed E-state index contributed by atoms with van der Waals surface area (Å²) in [6.45, 7) is 6.81. The molecule has 0 spiro atoms. The van der Waals surface area contributed by atoms with Crippen molar-refractivity contribution in [2.45, 2.75) is 32.8 Å². The summed E-state index contributed by atoms with van der Waals surface area (Å²) in [6.07, 6.45) is 2.29. The van der Waals surface area contributed by atoms with Gasteiger partial charge in [0.2, 0.25) is 0 Å². The van der Waals surface area contributed by atoms with Gasteiger partial charge >= 0.3 is 176 Å². The van der Waals surface area contributed by atoms with Crippen molar-refractivity contribution in [1.82, 2.24) is 13.1 Å². The van der Waals surface area contributed by atoms with Gasteiger partial charge in [0.15, 0.2) is 0 Å². The first-order valence-corrected chi connectivity index (χ1v) is 11.6. The van der Waals surface area contributed by atoms with Gasteiger partial charge < -0.3 is 0 Å². The van der Waals surface area contributed by atoms with Crippen LogP contribution in [0.25, 0.3) is 0 Å². The second kappa shape index (κ2) is 8.49. The number of anilines is 2. The van der Waals surface area contributed by atoms with Crippen LogP contribution >= 0.6 is 45.7 Å². The number of carbonyl (C=O) groups excluding carboxylic acids is 1. The Kier molecular flexibility index (Phi) is 7.18. The number of nitrogens with one attached hydrogen (secondary N) is 1. The molecule has 1 aromatic heterocycles. The fourth-order valence-corrected chi connectivity index (χ4v) is 4.71. The summed E-state index contributed by atoms with van der Waals surface area (Å²) in [5.74, 6) is 1.90. The zero-order chi connectivity index (χ0) is 17.0. The molecule has 0 radical (unpaired) electrons. The van der Waals surface area contributed by atoms with Crippen LogP contribution in [-0.4, -0.2) is 42.3 Å². The minimum atomic E-state index is -0.481. The molecule has 0 saturated carbocycles. The molecule has 1 aliphatic heterocycles. The van der Waals surface area contributed by atoms with Crippen LogP contribution in [0.15, 0.2) is 6.33 Å². The van der Waals surface area contributed by atoms with E-state index in [1.54, 1.807) is 9.44 Å². The van der Waals surface area contributed by atoms with E-state index < -0.39 is 5.60 Å². The van der Waals surface area contributed by atoms with Crippen molar-refractivity contribution in [2.24, 2.45) is 0 Å². The third kappa shape index (κ3) is 5.86. The number of fused-ring (bicyclic) bond motifs is 1. The third-order valence-electron chi connectivity index (χ3n) is 2.83. The van der Waals surface area contributed by atoms with E-state index in [1.165, 1.54) is 9.99 Å². The molecule has 130 valence electrons. The first-order valence-electron chi connectivity index (χ1n) is 7.05. The van der Waals surface area contributed by atoms with Gasteiger partial charge in [-0.15, -0.1) is 0 Å². The van der Waals surface area contributed by atoms with Gasteiger partial charge in [-0.3, -0.25) is 0 Å². The fourth-order valence-electron chi connectivity index (χ4n) is 1.86. The number of amides is 1. The number of nitrogens with zero attached hydrogens (tertiary/aromatic N) is 4.